The van der Waals surface area contributed by atoms with Crippen LogP contribution in [0.3, 0.4) is 0 Å². The van der Waals surface area contributed by atoms with Crippen LogP contribution in [0.15, 0.2) is 58.0 Å². The van der Waals surface area contributed by atoms with Crippen LogP contribution in [0.4, 0.5) is 0 Å². The normalized spacial score (nSPS) is 15.2. The highest BCUT2D eigenvalue weighted by Crippen LogP contribution is 2.12. The first-order valence-corrected chi connectivity index (χ1v) is 9.79. The number of benzene rings is 1. The minimum Gasteiger partial charge on any atom is -0.408 e. The third-order valence-electron chi connectivity index (χ3n) is 5.37. The summed E-state index contributed by atoms with van der Waals surface area (Å²) in [6.07, 6.45) is 4.73. The molecule has 1 saturated heterocycles. The zero-order chi connectivity index (χ0) is 19.3. The van der Waals surface area contributed by atoms with Gasteiger partial charge in [-0.3, -0.25) is 14.3 Å². The number of pyridine rings is 1. The smallest absolute Gasteiger partial charge is 0.408 e. The number of piperazine rings is 1. The lowest BCUT2D eigenvalue weighted by molar-refractivity contribution is -0.917. The summed E-state index contributed by atoms with van der Waals surface area (Å²) < 4.78 is 6.85. The minimum absolute atomic E-state index is 0.170. The molecule has 0 spiro atoms. The summed E-state index contributed by atoms with van der Waals surface area (Å²) in [5.74, 6) is -0.189. The first-order chi connectivity index (χ1) is 13.7. The molecule has 2 aromatic heterocycles. The van der Waals surface area contributed by atoms with Gasteiger partial charge < -0.3 is 14.2 Å². The number of rotatable bonds is 6. The fourth-order valence-electron chi connectivity index (χ4n) is 3.81. The van der Waals surface area contributed by atoms with Crippen LogP contribution in [-0.4, -0.2) is 46.5 Å². The molecule has 0 bridgehead atoms. The quantitative estimate of drug-likeness (QED) is 0.682. The third kappa shape index (κ3) is 4.14. The molecule has 7 heteroatoms. The molecule has 28 heavy (non-hydrogen) atoms. The summed E-state index contributed by atoms with van der Waals surface area (Å²) >= 11 is 0. The number of amides is 1. The summed E-state index contributed by atoms with van der Waals surface area (Å²) in [5.41, 5.74) is 2.66. The lowest BCUT2D eigenvalue weighted by Gasteiger charge is -2.32. The van der Waals surface area contributed by atoms with Crippen molar-refractivity contribution in [3.05, 3.63) is 64.9 Å². The zero-order valence-corrected chi connectivity index (χ0v) is 15.8. The SMILES string of the molecule is O=C(CCCn1c(=O)oc2ccccc21)N1CC[NH+](Cc2ccncc2)CC1. The van der Waals surface area contributed by atoms with E-state index >= 15 is 0 Å². The molecule has 3 aromatic rings. The number of fused-ring (bicyclic) bond motifs is 1. The molecule has 7 nitrogen and oxygen atoms in total. The zero-order valence-electron chi connectivity index (χ0n) is 15.8. The van der Waals surface area contributed by atoms with E-state index in [4.69, 9.17) is 4.42 Å². The fraction of sp³-hybridized carbons (Fsp3) is 0.381. The largest absolute Gasteiger partial charge is 0.419 e. The van der Waals surface area contributed by atoms with E-state index in [0.29, 0.717) is 25.0 Å². The van der Waals surface area contributed by atoms with Crippen molar-refractivity contribution in [1.29, 1.82) is 0 Å². The van der Waals surface area contributed by atoms with Crippen molar-refractivity contribution < 1.29 is 14.1 Å². The molecule has 1 fully saturated rings. The number of oxazole rings is 1. The van der Waals surface area contributed by atoms with Crippen LogP contribution in [0.25, 0.3) is 11.1 Å². The molecule has 1 aromatic carbocycles. The molecule has 0 unspecified atom stereocenters. The molecule has 1 aliphatic rings. The molecule has 146 valence electrons. The number of nitrogens with one attached hydrogen (secondary N) is 1. The lowest BCUT2D eigenvalue weighted by atomic mass is 10.2. The number of carbonyl (C=O) groups excluding carboxylic acids is 1. The molecule has 1 amide bonds. The fourth-order valence-corrected chi connectivity index (χ4v) is 3.81. The molecule has 3 heterocycles. The van der Waals surface area contributed by atoms with E-state index in [1.165, 1.54) is 10.5 Å². The molecule has 0 atom stereocenters. The summed E-state index contributed by atoms with van der Waals surface area (Å²) in [6.45, 7) is 4.96. The number of para-hydroxylation sites is 2. The Balaban J connectivity index is 1.25. The maximum Gasteiger partial charge on any atom is 0.419 e. The van der Waals surface area contributed by atoms with Crippen molar-refractivity contribution in [3.63, 3.8) is 0 Å². The van der Waals surface area contributed by atoms with Gasteiger partial charge in [-0.1, -0.05) is 12.1 Å². The predicted molar refractivity (Wildman–Crippen MR) is 105 cm³/mol. The van der Waals surface area contributed by atoms with Crippen molar-refractivity contribution in [3.8, 4) is 0 Å². The van der Waals surface area contributed by atoms with Crippen molar-refractivity contribution in [2.24, 2.45) is 0 Å². The number of hydrogen-bond acceptors (Lipinski definition) is 4. The molecule has 1 N–H and O–H groups in total. The Hall–Kier alpha value is -2.93. The van der Waals surface area contributed by atoms with Gasteiger partial charge in [-0.15, -0.1) is 0 Å². The standard InChI is InChI=1S/C21H24N4O3/c26-20(6-3-11-25-18-4-1-2-5-19(18)28-21(25)27)24-14-12-23(13-15-24)16-17-7-9-22-10-8-17/h1-2,4-5,7-10H,3,6,11-16H2/p+1. The second-order valence-electron chi connectivity index (χ2n) is 7.25. The first kappa shape index (κ1) is 18.4. The Kier molecular flexibility index (Phi) is 5.53. The number of quaternary nitrogens is 1. The minimum atomic E-state index is -0.359. The maximum atomic E-state index is 12.5. The van der Waals surface area contributed by atoms with Crippen LogP contribution < -0.4 is 10.7 Å². The van der Waals surface area contributed by atoms with Crippen LogP contribution in [0.5, 0.6) is 0 Å². The first-order valence-electron chi connectivity index (χ1n) is 9.79. The summed E-state index contributed by atoms with van der Waals surface area (Å²) in [6, 6.07) is 11.5. The van der Waals surface area contributed by atoms with Gasteiger partial charge >= 0.3 is 5.76 Å². The van der Waals surface area contributed by atoms with Gasteiger partial charge in [0.15, 0.2) is 5.58 Å². The van der Waals surface area contributed by atoms with Crippen LogP contribution in [0.2, 0.25) is 0 Å². The van der Waals surface area contributed by atoms with E-state index in [9.17, 15) is 9.59 Å². The second kappa shape index (κ2) is 8.39. The molecule has 0 aliphatic carbocycles. The van der Waals surface area contributed by atoms with E-state index in [0.717, 1.165) is 38.2 Å². The second-order valence-corrected chi connectivity index (χ2v) is 7.25. The van der Waals surface area contributed by atoms with Gasteiger partial charge in [-0.25, -0.2) is 4.79 Å². The van der Waals surface area contributed by atoms with Gasteiger partial charge in [0.1, 0.15) is 6.54 Å². The molecular weight excluding hydrogens is 356 g/mol. The summed E-state index contributed by atoms with van der Waals surface area (Å²) in [7, 11) is 0. The number of aromatic nitrogens is 2. The number of aryl methyl sites for hydroxylation is 1. The Morgan fingerprint density at radius 1 is 1.11 bits per heavy atom. The number of hydrogen-bond donors (Lipinski definition) is 1. The Labute approximate surface area is 163 Å². The van der Waals surface area contributed by atoms with E-state index in [2.05, 4.69) is 4.98 Å². The highest BCUT2D eigenvalue weighted by atomic mass is 16.4. The lowest BCUT2D eigenvalue weighted by Crippen LogP contribution is -3.13. The van der Waals surface area contributed by atoms with Crippen molar-refractivity contribution in [2.45, 2.75) is 25.9 Å². The van der Waals surface area contributed by atoms with Crippen LogP contribution >= 0.6 is 0 Å². The van der Waals surface area contributed by atoms with Gasteiger partial charge in [0, 0.05) is 30.9 Å². The van der Waals surface area contributed by atoms with Crippen molar-refractivity contribution >= 4 is 17.0 Å². The number of nitrogens with zero attached hydrogens (tertiary/aromatic N) is 3. The molecule has 0 radical (unpaired) electrons. The molecule has 4 rings (SSSR count). The predicted octanol–water partition coefficient (Wildman–Crippen LogP) is 0.697. The van der Waals surface area contributed by atoms with E-state index in [1.807, 2.05) is 47.6 Å². The number of carbonyl (C=O) groups is 1. The van der Waals surface area contributed by atoms with Gasteiger partial charge in [0.25, 0.3) is 0 Å². The molecule has 1 aliphatic heterocycles. The third-order valence-corrected chi connectivity index (χ3v) is 5.37. The van der Waals surface area contributed by atoms with Gasteiger partial charge in [-0.2, -0.15) is 0 Å². The van der Waals surface area contributed by atoms with E-state index < -0.39 is 0 Å². The Morgan fingerprint density at radius 2 is 1.86 bits per heavy atom. The topological polar surface area (TPSA) is 72.8 Å². The van der Waals surface area contributed by atoms with Gasteiger partial charge in [0.05, 0.1) is 31.7 Å². The monoisotopic (exact) mass is 381 g/mol. The summed E-state index contributed by atoms with van der Waals surface area (Å²) in [4.78, 5) is 32.0. The maximum absolute atomic E-state index is 12.5. The van der Waals surface area contributed by atoms with E-state index in [-0.39, 0.29) is 11.7 Å². The van der Waals surface area contributed by atoms with Gasteiger partial charge in [-0.05, 0) is 30.7 Å². The Bertz CT molecular complexity index is 988. The molecular formula is C21H25N4O3+. The van der Waals surface area contributed by atoms with Crippen molar-refractivity contribution in [2.75, 3.05) is 26.2 Å². The van der Waals surface area contributed by atoms with Crippen LogP contribution in [0, 0.1) is 0 Å². The van der Waals surface area contributed by atoms with Crippen LogP contribution in [-0.2, 0) is 17.9 Å². The highest BCUT2D eigenvalue weighted by molar-refractivity contribution is 5.76. The van der Waals surface area contributed by atoms with Crippen LogP contribution in [0.1, 0.15) is 18.4 Å². The highest BCUT2D eigenvalue weighted by Gasteiger charge is 2.23. The Morgan fingerprint density at radius 3 is 2.64 bits per heavy atom. The van der Waals surface area contributed by atoms with Gasteiger partial charge in [0.2, 0.25) is 5.91 Å². The summed E-state index contributed by atoms with van der Waals surface area (Å²) in [5, 5.41) is 0. The average Bonchev–Trinajstić information content (AvgIpc) is 3.04. The van der Waals surface area contributed by atoms with Crippen molar-refractivity contribution in [1.82, 2.24) is 14.5 Å². The average molecular weight is 381 g/mol. The van der Waals surface area contributed by atoms with E-state index in [1.54, 1.807) is 10.6 Å². The molecule has 0 saturated carbocycles.